The van der Waals surface area contributed by atoms with Crippen LogP contribution in [0.15, 0.2) is 24.5 Å². The van der Waals surface area contributed by atoms with Gasteiger partial charge in [0, 0.05) is 13.1 Å². The fraction of sp³-hybridized carbons (Fsp3) is 0.308. The number of rotatable bonds is 3. The number of benzene rings is 1. The molecule has 0 aliphatic carbocycles. The molecule has 0 amide bonds. The Kier molecular flexibility index (Phi) is 3.19. The molecule has 7 heteroatoms. The number of hydrogen-bond acceptors (Lipinski definition) is 4. The molecule has 20 heavy (non-hydrogen) atoms. The topological polar surface area (TPSA) is 71.2 Å². The van der Waals surface area contributed by atoms with Gasteiger partial charge in [-0.2, -0.15) is 5.10 Å². The quantitative estimate of drug-likeness (QED) is 0.910. The number of aromatic nitrogens is 3. The summed E-state index contributed by atoms with van der Waals surface area (Å²) in [6.45, 7) is 2.54. The Balaban J connectivity index is 1.81. The van der Waals surface area contributed by atoms with Crippen molar-refractivity contribution in [2.24, 2.45) is 0 Å². The Bertz CT molecular complexity index is 656. The van der Waals surface area contributed by atoms with Gasteiger partial charge >= 0.3 is 5.97 Å². The maximum atomic E-state index is 13.1. The zero-order valence-corrected chi connectivity index (χ0v) is 10.7. The van der Waals surface area contributed by atoms with Crippen LogP contribution >= 0.6 is 0 Å². The third kappa shape index (κ3) is 2.39. The van der Waals surface area contributed by atoms with Gasteiger partial charge in [-0.1, -0.05) is 6.07 Å². The Morgan fingerprint density at radius 3 is 3.05 bits per heavy atom. The van der Waals surface area contributed by atoms with Crippen LogP contribution in [-0.4, -0.2) is 37.3 Å². The number of hydrogen-bond donors (Lipinski definition) is 1. The molecule has 2 aromatic rings. The minimum Gasteiger partial charge on any atom is -0.478 e. The van der Waals surface area contributed by atoms with Crippen molar-refractivity contribution in [3.8, 4) is 0 Å². The van der Waals surface area contributed by atoms with Crippen LogP contribution in [0.1, 0.15) is 21.7 Å². The van der Waals surface area contributed by atoms with E-state index in [1.54, 1.807) is 0 Å². The van der Waals surface area contributed by atoms with Crippen molar-refractivity contribution in [2.45, 2.75) is 19.6 Å². The average Bonchev–Trinajstić information content (AvgIpc) is 2.88. The number of nitrogens with zero attached hydrogens (tertiary/aromatic N) is 4. The number of fused-ring (bicyclic) bond motifs is 1. The van der Waals surface area contributed by atoms with Gasteiger partial charge in [0.25, 0.3) is 0 Å². The van der Waals surface area contributed by atoms with E-state index in [4.69, 9.17) is 5.11 Å². The highest BCUT2D eigenvalue weighted by atomic mass is 19.1. The summed E-state index contributed by atoms with van der Waals surface area (Å²) in [6.07, 6.45) is 1.51. The van der Waals surface area contributed by atoms with E-state index < -0.39 is 11.8 Å². The number of halogens is 1. The van der Waals surface area contributed by atoms with Gasteiger partial charge < -0.3 is 5.11 Å². The Labute approximate surface area is 114 Å². The van der Waals surface area contributed by atoms with Crippen LogP contribution in [0, 0.1) is 5.82 Å². The van der Waals surface area contributed by atoms with Crippen molar-refractivity contribution in [1.29, 1.82) is 0 Å². The molecular weight excluding hydrogens is 263 g/mol. The highest BCUT2D eigenvalue weighted by Gasteiger charge is 2.20. The molecule has 0 atom stereocenters. The first kappa shape index (κ1) is 12.7. The molecular formula is C13H13FN4O2. The predicted octanol–water partition coefficient (Wildman–Crippen LogP) is 1.13. The summed E-state index contributed by atoms with van der Waals surface area (Å²) >= 11 is 0. The molecule has 1 aromatic heterocycles. The minimum atomic E-state index is -1.11. The smallest absolute Gasteiger partial charge is 0.336 e. The summed E-state index contributed by atoms with van der Waals surface area (Å²) in [5.74, 6) is -0.792. The van der Waals surface area contributed by atoms with Crippen LogP contribution in [0.5, 0.6) is 0 Å². The lowest BCUT2D eigenvalue weighted by atomic mass is 10.1. The van der Waals surface area contributed by atoms with E-state index in [0.29, 0.717) is 18.7 Å². The van der Waals surface area contributed by atoms with Gasteiger partial charge in [-0.25, -0.2) is 18.9 Å². The lowest BCUT2D eigenvalue weighted by molar-refractivity contribution is 0.0693. The van der Waals surface area contributed by atoms with Crippen molar-refractivity contribution in [3.05, 3.63) is 47.3 Å². The highest BCUT2D eigenvalue weighted by Crippen LogP contribution is 2.17. The Morgan fingerprint density at radius 1 is 1.40 bits per heavy atom. The third-order valence-electron chi connectivity index (χ3n) is 3.39. The van der Waals surface area contributed by atoms with Gasteiger partial charge in [0.2, 0.25) is 0 Å². The van der Waals surface area contributed by atoms with Crippen molar-refractivity contribution in [1.82, 2.24) is 19.7 Å². The van der Waals surface area contributed by atoms with Crippen molar-refractivity contribution in [2.75, 3.05) is 6.54 Å². The van der Waals surface area contributed by atoms with E-state index in [0.717, 1.165) is 25.0 Å². The van der Waals surface area contributed by atoms with Crippen LogP contribution in [-0.2, 0) is 19.6 Å². The molecule has 0 saturated heterocycles. The second kappa shape index (κ2) is 5.01. The highest BCUT2D eigenvalue weighted by molar-refractivity contribution is 5.89. The van der Waals surface area contributed by atoms with Crippen molar-refractivity contribution >= 4 is 5.97 Å². The van der Waals surface area contributed by atoms with Crippen LogP contribution < -0.4 is 0 Å². The summed E-state index contributed by atoms with van der Waals surface area (Å²) in [5.41, 5.74) is 0.615. The van der Waals surface area contributed by atoms with Crippen LogP contribution in [0.2, 0.25) is 0 Å². The van der Waals surface area contributed by atoms with E-state index >= 15 is 0 Å². The SMILES string of the molecule is O=C(O)c1cc(F)ccc1CN1CCn2ncnc2C1. The normalized spacial score (nSPS) is 15.1. The first-order valence-electron chi connectivity index (χ1n) is 6.24. The van der Waals surface area contributed by atoms with Gasteiger partial charge in [-0.05, 0) is 17.7 Å². The van der Waals surface area contributed by atoms with Crippen molar-refractivity contribution in [3.63, 3.8) is 0 Å². The van der Waals surface area contributed by atoms with Gasteiger partial charge in [0.1, 0.15) is 18.0 Å². The predicted molar refractivity (Wildman–Crippen MR) is 67.5 cm³/mol. The number of carboxylic acids is 1. The Morgan fingerprint density at radius 2 is 2.25 bits per heavy atom. The molecule has 0 spiro atoms. The van der Waals surface area contributed by atoms with Crippen LogP contribution in [0.4, 0.5) is 4.39 Å². The fourth-order valence-electron chi connectivity index (χ4n) is 2.37. The van der Waals surface area contributed by atoms with Crippen LogP contribution in [0.25, 0.3) is 0 Å². The minimum absolute atomic E-state index is 0.0111. The molecule has 2 heterocycles. The molecule has 1 aliphatic heterocycles. The number of carbonyl (C=O) groups is 1. The lowest BCUT2D eigenvalue weighted by Gasteiger charge is -2.27. The number of aromatic carboxylic acids is 1. The molecule has 0 radical (unpaired) electrons. The van der Waals surface area contributed by atoms with Crippen molar-refractivity contribution < 1.29 is 14.3 Å². The van der Waals surface area contributed by atoms with Crippen LogP contribution in [0.3, 0.4) is 0 Å². The summed E-state index contributed by atoms with van der Waals surface area (Å²) in [4.78, 5) is 17.4. The Hall–Kier alpha value is -2.28. The van der Waals surface area contributed by atoms with E-state index in [1.165, 1.54) is 18.5 Å². The van der Waals surface area contributed by atoms with E-state index in [-0.39, 0.29) is 5.56 Å². The molecule has 0 saturated carbocycles. The molecule has 1 aliphatic rings. The summed E-state index contributed by atoms with van der Waals surface area (Å²) in [5, 5.41) is 13.2. The summed E-state index contributed by atoms with van der Waals surface area (Å²) in [7, 11) is 0. The van der Waals surface area contributed by atoms with Gasteiger partial charge in [-0.15, -0.1) is 0 Å². The van der Waals surface area contributed by atoms with E-state index in [2.05, 4.69) is 15.0 Å². The average molecular weight is 276 g/mol. The van der Waals surface area contributed by atoms with Gasteiger partial charge in [0.15, 0.2) is 0 Å². The number of carboxylic acid groups (broad SMARTS) is 1. The molecule has 0 bridgehead atoms. The maximum Gasteiger partial charge on any atom is 0.336 e. The molecule has 6 nitrogen and oxygen atoms in total. The van der Waals surface area contributed by atoms with Gasteiger partial charge in [0.05, 0.1) is 18.7 Å². The second-order valence-corrected chi connectivity index (χ2v) is 4.72. The zero-order valence-electron chi connectivity index (χ0n) is 10.7. The molecule has 1 N–H and O–H groups in total. The molecule has 1 aromatic carbocycles. The summed E-state index contributed by atoms with van der Waals surface area (Å²) < 4.78 is 15.0. The first-order chi connectivity index (χ1) is 9.63. The maximum absolute atomic E-state index is 13.1. The molecule has 104 valence electrons. The van der Waals surface area contributed by atoms with Gasteiger partial charge in [-0.3, -0.25) is 4.90 Å². The third-order valence-corrected chi connectivity index (χ3v) is 3.39. The summed E-state index contributed by atoms with van der Waals surface area (Å²) in [6, 6.07) is 3.87. The van der Waals surface area contributed by atoms with E-state index in [1.807, 2.05) is 4.68 Å². The standard InChI is InChI=1S/C13H13FN4O2/c14-10-2-1-9(11(5-10)13(19)20)6-17-3-4-18-12(7-17)15-8-16-18/h1-2,5,8H,3-4,6-7H2,(H,19,20). The van der Waals surface area contributed by atoms with E-state index in [9.17, 15) is 9.18 Å². The first-order valence-corrected chi connectivity index (χ1v) is 6.24. The lowest BCUT2D eigenvalue weighted by Crippen LogP contribution is -2.34. The second-order valence-electron chi connectivity index (χ2n) is 4.72. The molecule has 3 rings (SSSR count). The zero-order chi connectivity index (χ0) is 14.1. The molecule has 0 unspecified atom stereocenters. The monoisotopic (exact) mass is 276 g/mol. The fourth-order valence-corrected chi connectivity index (χ4v) is 2.37. The molecule has 0 fully saturated rings. The largest absolute Gasteiger partial charge is 0.478 e.